The van der Waals surface area contributed by atoms with E-state index in [-0.39, 0.29) is 10.6 Å². The molecule has 0 saturated carbocycles. The van der Waals surface area contributed by atoms with Crippen molar-refractivity contribution in [1.82, 2.24) is 5.32 Å². The molecule has 1 aromatic carbocycles. The average molecular weight is 207 g/mol. The minimum absolute atomic E-state index is 0.143. The number of nitrogens with zero attached hydrogens (tertiary/aromatic N) is 1. The van der Waals surface area contributed by atoms with Crippen molar-refractivity contribution < 1.29 is 4.92 Å². The summed E-state index contributed by atoms with van der Waals surface area (Å²) < 4.78 is 0. The molecular weight excluding hydrogens is 194 g/mol. The Kier molecular flexibility index (Phi) is 2.82. The van der Waals surface area contributed by atoms with Crippen LogP contribution in [-0.2, 0) is 0 Å². The highest BCUT2D eigenvalue weighted by Crippen LogP contribution is 2.24. The van der Waals surface area contributed by atoms with Crippen LogP contribution in [0.3, 0.4) is 0 Å². The monoisotopic (exact) mass is 207 g/mol. The lowest BCUT2D eigenvalue weighted by Crippen LogP contribution is -2.22. The molecule has 15 heavy (non-hydrogen) atoms. The van der Waals surface area contributed by atoms with E-state index in [0.29, 0.717) is 11.7 Å². The maximum atomic E-state index is 10.7. The third kappa shape index (κ3) is 2.24. The fourth-order valence-corrected chi connectivity index (χ4v) is 1.75. The van der Waals surface area contributed by atoms with E-state index in [9.17, 15) is 10.1 Å². The van der Waals surface area contributed by atoms with Crippen LogP contribution in [0.2, 0.25) is 0 Å². The Morgan fingerprint density at radius 2 is 2.27 bits per heavy atom. The fraction of sp³-hybridized carbons (Fsp3) is 0.400. The van der Waals surface area contributed by atoms with Gasteiger partial charge in [-0.25, -0.2) is 0 Å². The van der Waals surface area contributed by atoms with Crippen molar-refractivity contribution in [1.29, 1.82) is 0 Å². The van der Waals surface area contributed by atoms with E-state index in [1.165, 1.54) is 6.07 Å². The van der Waals surface area contributed by atoms with Crippen molar-refractivity contribution in [3.63, 3.8) is 0 Å². The van der Waals surface area contributed by atoms with Crippen LogP contribution in [0.15, 0.2) is 24.3 Å². The van der Waals surface area contributed by atoms with Gasteiger partial charge in [-0.2, -0.15) is 0 Å². The first-order valence-corrected chi connectivity index (χ1v) is 4.98. The molecule has 1 saturated heterocycles. The third-order valence-corrected chi connectivity index (χ3v) is 2.52. The zero-order valence-corrected chi connectivity index (χ0v) is 8.27. The molecule has 0 spiro atoms. The number of benzene rings is 1. The molecular formula is C10H13N3O2. The van der Waals surface area contributed by atoms with Crippen molar-refractivity contribution in [2.75, 3.05) is 18.4 Å². The van der Waals surface area contributed by atoms with Crippen LogP contribution >= 0.6 is 0 Å². The molecule has 2 N–H and O–H groups in total. The Labute approximate surface area is 87.6 Å². The Morgan fingerprint density at radius 3 is 2.93 bits per heavy atom. The van der Waals surface area contributed by atoms with Gasteiger partial charge < -0.3 is 10.6 Å². The molecule has 0 unspecified atom stereocenters. The zero-order chi connectivity index (χ0) is 10.7. The first kappa shape index (κ1) is 9.92. The second-order valence-corrected chi connectivity index (χ2v) is 3.61. The Hall–Kier alpha value is -1.62. The van der Waals surface area contributed by atoms with Gasteiger partial charge in [0.15, 0.2) is 0 Å². The quantitative estimate of drug-likeness (QED) is 0.580. The van der Waals surface area contributed by atoms with Gasteiger partial charge in [0.05, 0.1) is 4.92 Å². The topological polar surface area (TPSA) is 67.2 Å². The largest absolute Gasteiger partial charge is 0.375 e. The summed E-state index contributed by atoms with van der Waals surface area (Å²) in [6.45, 7) is 1.84. The normalized spacial score (nSPS) is 20.1. The van der Waals surface area contributed by atoms with Crippen molar-refractivity contribution in [2.45, 2.75) is 12.5 Å². The molecule has 1 atom stereocenters. The van der Waals surface area contributed by atoms with Gasteiger partial charge in [-0.3, -0.25) is 10.1 Å². The standard InChI is InChI=1S/C10H13N3O2/c14-13(15)10-4-2-1-3-9(10)12-8-5-6-11-7-8/h1-4,8,11-12H,5-7H2/t8-/m1/s1. The number of para-hydroxylation sites is 2. The molecule has 0 radical (unpaired) electrons. The molecule has 80 valence electrons. The summed E-state index contributed by atoms with van der Waals surface area (Å²) in [6.07, 6.45) is 1.01. The highest BCUT2D eigenvalue weighted by molar-refractivity contribution is 5.61. The SMILES string of the molecule is O=[N+]([O-])c1ccccc1N[C@@H]1CCNC1. The molecule has 1 aliphatic rings. The van der Waals surface area contributed by atoms with Crippen molar-refractivity contribution >= 4 is 11.4 Å². The van der Waals surface area contributed by atoms with Gasteiger partial charge in [0, 0.05) is 18.7 Å². The molecule has 1 heterocycles. The van der Waals surface area contributed by atoms with E-state index in [4.69, 9.17) is 0 Å². The third-order valence-electron chi connectivity index (χ3n) is 2.52. The van der Waals surface area contributed by atoms with Gasteiger partial charge in [0.1, 0.15) is 5.69 Å². The molecule has 0 aromatic heterocycles. The van der Waals surface area contributed by atoms with Gasteiger partial charge in [-0.05, 0) is 19.0 Å². The molecule has 0 bridgehead atoms. The van der Waals surface area contributed by atoms with Gasteiger partial charge in [-0.15, -0.1) is 0 Å². The molecule has 0 aliphatic carbocycles. The number of hydrogen-bond donors (Lipinski definition) is 2. The molecule has 5 nitrogen and oxygen atoms in total. The summed E-state index contributed by atoms with van der Waals surface area (Å²) in [7, 11) is 0. The second kappa shape index (κ2) is 4.27. The van der Waals surface area contributed by atoms with Gasteiger partial charge >= 0.3 is 0 Å². The number of nitro benzene ring substituents is 1. The molecule has 2 rings (SSSR count). The van der Waals surface area contributed by atoms with E-state index < -0.39 is 0 Å². The van der Waals surface area contributed by atoms with Crippen LogP contribution in [-0.4, -0.2) is 24.1 Å². The summed E-state index contributed by atoms with van der Waals surface area (Å²) in [5.41, 5.74) is 0.751. The number of anilines is 1. The maximum absolute atomic E-state index is 10.7. The Bertz CT molecular complexity index is 361. The van der Waals surface area contributed by atoms with Crippen LogP contribution in [0, 0.1) is 10.1 Å². The molecule has 1 aromatic rings. The lowest BCUT2D eigenvalue weighted by molar-refractivity contribution is -0.384. The average Bonchev–Trinajstić information content (AvgIpc) is 2.71. The summed E-state index contributed by atoms with van der Waals surface area (Å²) in [5.74, 6) is 0. The number of nitro groups is 1. The fourth-order valence-electron chi connectivity index (χ4n) is 1.75. The summed E-state index contributed by atoms with van der Waals surface area (Å²) in [6, 6.07) is 7.04. The smallest absolute Gasteiger partial charge is 0.292 e. The van der Waals surface area contributed by atoms with E-state index in [2.05, 4.69) is 10.6 Å². The van der Waals surface area contributed by atoms with E-state index >= 15 is 0 Å². The lowest BCUT2D eigenvalue weighted by atomic mass is 10.2. The number of hydrogen-bond acceptors (Lipinski definition) is 4. The number of nitrogens with one attached hydrogen (secondary N) is 2. The highest BCUT2D eigenvalue weighted by atomic mass is 16.6. The summed E-state index contributed by atoms with van der Waals surface area (Å²) in [5, 5.41) is 17.1. The van der Waals surface area contributed by atoms with Crippen LogP contribution in [0.1, 0.15) is 6.42 Å². The lowest BCUT2D eigenvalue weighted by Gasteiger charge is -2.12. The zero-order valence-electron chi connectivity index (χ0n) is 8.27. The van der Waals surface area contributed by atoms with E-state index in [1.807, 2.05) is 0 Å². The number of rotatable bonds is 3. The molecule has 1 fully saturated rings. The van der Waals surface area contributed by atoms with Crippen LogP contribution < -0.4 is 10.6 Å². The first-order valence-electron chi connectivity index (χ1n) is 4.98. The van der Waals surface area contributed by atoms with Crippen molar-refractivity contribution in [3.8, 4) is 0 Å². The summed E-state index contributed by atoms with van der Waals surface area (Å²) in [4.78, 5) is 10.4. The minimum Gasteiger partial charge on any atom is -0.375 e. The minimum atomic E-state index is -0.356. The van der Waals surface area contributed by atoms with E-state index in [1.54, 1.807) is 18.2 Å². The predicted molar refractivity (Wildman–Crippen MR) is 58.0 cm³/mol. The Balaban J connectivity index is 2.15. The van der Waals surface area contributed by atoms with Crippen LogP contribution in [0.5, 0.6) is 0 Å². The van der Waals surface area contributed by atoms with Gasteiger partial charge in [-0.1, -0.05) is 12.1 Å². The Morgan fingerprint density at radius 1 is 1.47 bits per heavy atom. The van der Waals surface area contributed by atoms with Gasteiger partial charge in [0.25, 0.3) is 5.69 Å². The maximum Gasteiger partial charge on any atom is 0.292 e. The highest BCUT2D eigenvalue weighted by Gasteiger charge is 2.18. The molecule has 1 aliphatic heterocycles. The first-order chi connectivity index (χ1) is 7.27. The van der Waals surface area contributed by atoms with E-state index in [0.717, 1.165) is 19.5 Å². The van der Waals surface area contributed by atoms with Crippen molar-refractivity contribution in [2.24, 2.45) is 0 Å². The summed E-state index contributed by atoms with van der Waals surface area (Å²) >= 11 is 0. The van der Waals surface area contributed by atoms with Crippen LogP contribution in [0.4, 0.5) is 11.4 Å². The second-order valence-electron chi connectivity index (χ2n) is 3.61. The molecule has 5 heteroatoms. The van der Waals surface area contributed by atoms with Crippen molar-refractivity contribution in [3.05, 3.63) is 34.4 Å². The molecule has 0 amide bonds. The van der Waals surface area contributed by atoms with Crippen LogP contribution in [0.25, 0.3) is 0 Å². The van der Waals surface area contributed by atoms with Gasteiger partial charge in [0.2, 0.25) is 0 Å². The predicted octanol–water partition coefficient (Wildman–Crippen LogP) is 1.37.